The number of benzene rings is 2. The molecule has 0 unspecified atom stereocenters. The first-order valence-electron chi connectivity index (χ1n) is 10.4. The highest BCUT2D eigenvalue weighted by molar-refractivity contribution is 6.07. The van der Waals surface area contributed by atoms with Gasteiger partial charge in [0.25, 0.3) is 5.91 Å². The Balaban J connectivity index is 1.56. The summed E-state index contributed by atoms with van der Waals surface area (Å²) in [5.74, 6) is -0.625. The number of allylic oxidation sites excluding steroid dienone is 1. The van der Waals surface area contributed by atoms with Crippen LogP contribution in [0.15, 0.2) is 60.7 Å². The third-order valence-electron chi connectivity index (χ3n) is 5.61. The molecule has 1 fully saturated rings. The van der Waals surface area contributed by atoms with Gasteiger partial charge in [0.2, 0.25) is 0 Å². The van der Waals surface area contributed by atoms with Gasteiger partial charge in [0.05, 0.1) is 0 Å². The van der Waals surface area contributed by atoms with Gasteiger partial charge in [-0.3, -0.25) is 14.8 Å². The van der Waals surface area contributed by atoms with Crippen molar-refractivity contribution in [3.63, 3.8) is 0 Å². The lowest BCUT2D eigenvalue weighted by atomic mass is 10.0. The van der Waals surface area contributed by atoms with Crippen molar-refractivity contribution in [2.45, 2.75) is 18.9 Å². The van der Waals surface area contributed by atoms with Crippen molar-refractivity contribution in [1.82, 2.24) is 10.4 Å². The number of amides is 1. The SMILES string of the molecule is CN(C)C1CCN(c2ccc(C(=O)C=Cc3ccc(C=CC(=O)NO)cc3)cc2)CC1. The number of anilines is 1. The van der Waals surface area contributed by atoms with Crippen LogP contribution in [0.25, 0.3) is 12.2 Å². The van der Waals surface area contributed by atoms with Gasteiger partial charge in [-0.2, -0.15) is 0 Å². The van der Waals surface area contributed by atoms with E-state index in [-0.39, 0.29) is 5.78 Å². The normalized spacial score (nSPS) is 15.2. The van der Waals surface area contributed by atoms with Crippen molar-refractivity contribution in [3.8, 4) is 0 Å². The van der Waals surface area contributed by atoms with E-state index in [1.807, 2.05) is 48.5 Å². The molecule has 6 heteroatoms. The summed E-state index contributed by atoms with van der Waals surface area (Å²) in [6.45, 7) is 2.07. The number of ketones is 1. The van der Waals surface area contributed by atoms with E-state index in [4.69, 9.17) is 5.21 Å². The summed E-state index contributed by atoms with van der Waals surface area (Å²) in [5, 5.41) is 8.49. The molecule has 6 nitrogen and oxygen atoms in total. The van der Waals surface area contributed by atoms with Crippen LogP contribution in [0.5, 0.6) is 0 Å². The predicted octanol–water partition coefficient (Wildman–Crippen LogP) is 3.63. The third kappa shape index (κ3) is 6.38. The molecule has 0 atom stereocenters. The van der Waals surface area contributed by atoms with Crippen molar-refractivity contribution in [3.05, 3.63) is 77.4 Å². The van der Waals surface area contributed by atoms with Crippen LogP contribution >= 0.6 is 0 Å². The maximum atomic E-state index is 12.5. The Morgan fingerprint density at radius 1 is 0.935 bits per heavy atom. The van der Waals surface area contributed by atoms with Gasteiger partial charge < -0.3 is 9.80 Å². The average Bonchev–Trinajstić information content (AvgIpc) is 2.81. The Morgan fingerprint density at radius 3 is 2.00 bits per heavy atom. The molecule has 2 aromatic rings. The summed E-state index contributed by atoms with van der Waals surface area (Å²) in [6.07, 6.45) is 8.48. The standard InChI is InChI=1S/C25H29N3O3/c1-27(2)22-15-17-28(18-16-22)23-11-9-21(10-12-23)24(29)13-7-19-3-5-20(6-4-19)8-14-25(30)26-31/h3-14,22,31H,15-18H2,1-2H3,(H,26,30). The molecule has 0 bridgehead atoms. The molecule has 31 heavy (non-hydrogen) atoms. The quantitative estimate of drug-likeness (QED) is 0.310. The average molecular weight is 420 g/mol. The number of nitrogens with one attached hydrogen (secondary N) is 1. The van der Waals surface area contributed by atoms with Gasteiger partial charge in [-0.05, 0) is 74.5 Å². The van der Waals surface area contributed by atoms with Crippen LogP contribution in [0.2, 0.25) is 0 Å². The Labute approximate surface area is 183 Å². The maximum absolute atomic E-state index is 12.5. The second-order valence-electron chi connectivity index (χ2n) is 7.90. The summed E-state index contributed by atoms with van der Waals surface area (Å²) >= 11 is 0. The van der Waals surface area contributed by atoms with E-state index in [1.54, 1.807) is 23.7 Å². The molecule has 1 amide bonds. The third-order valence-corrected chi connectivity index (χ3v) is 5.61. The van der Waals surface area contributed by atoms with Crippen LogP contribution in [0, 0.1) is 0 Å². The van der Waals surface area contributed by atoms with E-state index in [0.29, 0.717) is 11.6 Å². The monoisotopic (exact) mass is 419 g/mol. The van der Waals surface area contributed by atoms with Crippen LogP contribution in [0.1, 0.15) is 34.3 Å². The van der Waals surface area contributed by atoms with Crippen LogP contribution in [-0.4, -0.2) is 55.0 Å². The fourth-order valence-corrected chi connectivity index (χ4v) is 3.67. The molecule has 0 aliphatic carbocycles. The smallest absolute Gasteiger partial charge is 0.267 e. The fraction of sp³-hybridized carbons (Fsp3) is 0.280. The molecule has 1 aliphatic heterocycles. The van der Waals surface area contributed by atoms with E-state index < -0.39 is 5.91 Å². The highest BCUT2D eigenvalue weighted by Crippen LogP contribution is 2.22. The van der Waals surface area contributed by atoms with Crippen LogP contribution in [0.4, 0.5) is 5.69 Å². The molecule has 1 saturated heterocycles. The Hall–Kier alpha value is -3.22. The number of carbonyl (C=O) groups excluding carboxylic acids is 2. The number of nitrogens with zero attached hydrogens (tertiary/aromatic N) is 2. The molecule has 0 saturated carbocycles. The number of rotatable bonds is 7. The molecule has 2 N–H and O–H groups in total. The molecule has 1 aliphatic rings. The Morgan fingerprint density at radius 2 is 1.48 bits per heavy atom. The second kappa shape index (κ2) is 10.7. The predicted molar refractivity (Wildman–Crippen MR) is 124 cm³/mol. The van der Waals surface area contributed by atoms with Gasteiger partial charge in [-0.25, -0.2) is 5.48 Å². The molecule has 0 radical (unpaired) electrons. The van der Waals surface area contributed by atoms with Gasteiger partial charge in [-0.15, -0.1) is 0 Å². The van der Waals surface area contributed by atoms with Gasteiger partial charge in [0, 0.05) is 36.5 Å². The van der Waals surface area contributed by atoms with Crippen molar-refractivity contribution in [2.75, 3.05) is 32.1 Å². The molecule has 2 aromatic carbocycles. The number of carbonyl (C=O) groups is 2. The summed E-state index contributed by atoms with van der Waals surface area (Å²) < 4.78 is 0. The van der Waals surface area contributed by atoms with Crippen molar-refractivity contribution >= 4 is 29.5 Å². The minimum absolute atomic E-state index is 0.0403. The number of hydrogen-bond donors (Lipinski definition) is 2. The molecule has 0 spiro atoms. The minimum Gasteiger partial charge on any atom is -0.371 e. The summed E-state index contributed by atoms with van der Waals surface area (Å²) in [6, 6.07) is 15.9. The highest BCUT2D eigenvalue weighted by Gasteiger charge is 2.20. The maximum Gasteiger partial charge on any atom is 0.267 e. The first kappa shape index (κ1) is 22.5. The van der Waals surface area contributed by atoms with E-state index in [2.05, 4.69) is 23.9 Å². The highest BCUT2D eigenvalue weighted by atomic mass is 16.5. The summed E-state index contributed by atoms with van der Waals surface area (Å²) in [5.41, 5.74) is 5.08. The fourth-order valence-electron chi connectivity index (χ4n) is 3.67. The summed E-state index contributed by atoms with van der Waals surface area (Å²) in [7, 11) is 4.28. The number of hydrogen-bond acceptors (Lipinski definition) is 5. The van der Waals surface area contributed by atoms with Crippen LogP contribution in [0.3, 0.4) is 0 Å². The van der Waals surface area contributed by atoms with Gasteiger partial charge in [-0.1, -0.05) is 30.3 Å². The van der Waals surface area contributed by atoms with E-state index in [1.165, 1.54) is 6.08 Å². The molecular weight excluding hydrogens is 390 g/mol. The van der Waals surface area contributed by atoms with Crippen molar-refractivity contribution in [2.24, 2.45) is 0 Å². The zero-order valence-corrected chi connectivity index (χ0v) is 18.0. The topological polar surface area (TPSA) is 72.9 Å². The van der Waals surface area contributed by atoms with E-state index in [9.17, 15) is 9.59 Å². The van der Waals surface area contributed by atoms with E-state index in [0.717, 1.165) is 42.7 Å². The summed E-state index contributed by atoms with van der Waals surface area (Å²) in [4.78, 5) is 28.2. The Kier molecular flexibility index (Phi) is 7.76. The first-order valence-corrected chi connectivity index (χ1v) is 10.4. The Bertz CT molecular complexity index is 939. The molecule has 0 aromatic heterocycles. The van der Waals surface area contributed by atoms with Crippen LogP contribution in [-0.2, 0) is 4.79 Å². The van der Waals surface area contributed by atoms with Gasteiger partial charge in [0.1, 0.15) is 0 Å². The lowest BCUT2D eigenvalue weighted by Gasteiger charge is -2.36. The molecular formula is C25H29N3O3. The molecule has 162 valence electrons. The first-order chi connectivity index (χ1) is 15.0. The van der Waals surface area contributed by atoms with E-state index >= 15 is 0 Å². The van der Waals surface area contributed by atoms with Crippen LogP contribution < -0.4 is 10.4 Å². The van der Waals surface area contributed by atoms with Gasteiger partial charge >= 0.3 is 0 Å². The second-order valence-corrected chi connectivity index (χ2v) is 7.90. The van der Waals surface area contributed by atoms with Crippen molar-refractivity contribution < 1.29 is 14.8 Å². The zero-order valence-electron chi connectivity index (χ0n) is 18.0. The lowest BCUT2D eigenvalue weighted by molar-refractivity contribution is -0.124. The number of hydroxylamine groups is 1. The largest absolute Gasteiger partial charge is 0.371 e. The van der Waals surface area contributed by atoms with Gasteiger partial charge in [0.15, 0.2) is 5.78 Å². The molecule has 1 heterocycles. The van der Waals surface area contributed by atoms with Crippen molar-refractivity contribution in [1.29, 1.82) is 0 Å². The zero-order chi connectivity index (χ0) is 22.2. The number of piperidine rings is 1. The minimum atomic E-state index is -0.585. The lowest BCUT2D eigenvalue weighted by Crippen LogP contribution is -2.41. The molecule has 3 rings (SSSR count).